The van der Waals surface area contributed by atoms with E-state index in [-0.39, 0.29) is 6.10 Å². The molecule has 0 aliphatic carbocycles. The van der Waals surface area contributed by atoms with Crippen LogP contribution in [0.15, 0.2) is 30.3 Å². The first-order chi connectivity index (χ1) is 7.22. The molecule has 0 amide bonds. The molecule has 84 valence electrons. The average Bonchev–Trinajstić information content (AvgIpc) is 2.27. The van der Waals surface area contributed by atoms with Crippen LogP contribution in [0.2, 0.25) is 0 Å². The highest BCUT2D eigenvalue weighted by Gasteiger charge is 2.04. The average molecular weight is 207 g/mol. The van der Waals surface area contributed by atoms with Crippen LogP contribution in [0.1, 0.15) is 25.3 Å². The third-order valence-corrected chi connectivity index (χ3v) is 2.61. The van der Waals surface area contributed by atoms with Crippen LogP contribution in [0.5, 0.6) is 0 Å². The first kappa shape index (κ1) is 12.2. The zero-order valence-corrected chi connectivity index (χ0v) is 9.69. The van der Waals surface area contributed by atoms with Crippen molar-refractivity contribution in [2.45, 2.75) is 32.4 Å². The quantitative estimate of drug-likeness (QED) is 0.773. The topological polar surface area (TPSA) is 23.5 Å². The van der Waals surface area contributed by atoms with E-state index in [1.165, 1.54) is 5.56 Å². The SMILES string of the molecule is CC[C@@H](O)CCN(C)Cc1ccccc1. The van der Waals surface area contributed by atoms with E-state index < -0.39 is 0 Å². The van der Waals surface area contributed by atoms with E-state index in [4.69, 9.17) is 0 Å². The van der Waals surface area contributed by atoms with Crippen molar-refractivity contribution in [3.8, 4) is 0 Å². The van der Waals surface area contributed by atoms with E-state index in [9.17, 15) is 5.11 Å². The molecule has 0 aromatic heterocycles. The van der Waals surface area contributed by atoms with Gasteiger partial charge >= 0.3 is 0 Å². The highest BCUT2D eigenvalue weighted by atomic mass is 16.3. The second-order valence-electron chi connectivity index (χ2n) is 4.07. The molecule has 0 unspecified atom stereocenters. The fourth-order valence-corrected chi connectivity index (χ4v) is 1.55. The highest BCUT2D eigenvalue weighted by molar-refractivity contribution is 5.14. The van der Waals surface area contributed by atoms with E-state index in [1.54, 1.807) is 0 Å². The lowest BCUT2D eigenvalue weighted by Gasteiger charge is -2.18. The maximum absolute atomic E-state index is 9.45. The molecule has 1 aromatic rings. The number of rotatable bonds is 6. The van der Waals surface area contributed by atoms with Crippen LogP contribution >= 0.6 is 0 Å². The van der Waals surface area contributed by atoms with Gasteiger partial charge in [0.05, 0.1) is 6.10 Å². The van der Waals surface area contributed by atoms with Crippen LogP contribution in [0.4, 0.5) is 0 Å². The summed E-state index contributed by atoms with van der Waals surface area (Å²) in [5, 5.41) is 9.45. The van der Waals surface area contributed by atoms with Crippen LogP contribution in [-0.2, 0) is 6.54 Å². The first-order valence-electron chi connectivity index (χ1n) is 5.63. The molecule has 0 spiro atoms. The molecular weight excluding hydrogens is 186 g/mol. The second-order valence-corrected chi connectivity index (χ2v) is 4.07. The lowest BCUT2D eigenvalue weighted by molar-refractivity contribution is 0.142. The van der Waals surface area contributed by atoms with E-state index >= 15 is 0 Å². The maximum Gasteiger partial charge on any atom is 0.0549 e. The molecule has 1 N–H and O–H groups in total. The summed E-state index contributed by atoms with van der Waals surface area (Å²) in [5.74, 6) is 0. The fraction of sp³-hybridized carbons (Fsp3) is 0.538. The van der Waals surface area contributed by atoms with Gasteiger partial charge in [-0.3, -0.25) is 0 Å². The van der Waals surface area contributed by atoms with Gasteiger partial charge in [-0.05, 0) is 25.5 Å². The summed E-state index contributed by atoms with van der Waals surface area (Å²) in [7, 11) is 2.09. The summed E-state index contributed by atoms with van der Waals surface area (Å²) in [6, 6.07) is 10.4. The van der Waals surface area contributed by atoms with Gasteiger partial charge in [0.2, 0.25) is 0 Å². The summed E-state index contributed by atoms with van der Waals surface area (Å²) >= 11 is 0. The molecule has 2 heteroatoms. The molecule has 1 atom stereocenters. The predicted octanol–water partition coefficient (Wildman–Crippen LogP) is 2.28. The molecule has 0 bridgehead atoms. The second kappa shape index (κ2) is 6.59. The number of aliphatic hydroxyl groups excluding tert-OH is 1. The van der Waals surface area contributed by atoms with Crippen molar-refractivity contribution in [1.29, 1.82) is 0 Å². The summed E-state index contributed by atoms with van der Waals surface area (Å²) < 4.78 is 0. The van der Waals surface area contributed by atoms with E-state index in [1.807, 2.05) is 13.0 Å². The van der Waals surface area contributed by atoms with Crippen molar-refractivity contribution in [3.05, 3.63) is 35.9 Å². The van der Waals surface area contributed by atoms with Gasteiger partial charge in [-0.1, -0.05) is 37.3 Å². The number of benzene rings is 1. The highest BCUT2D eigenvalue weighted by Crippen LogP contribution is 2.04. The molecule has 0 aliphatic heterocycles. The monoisotopic (exact) mass is 207 g/mol. The maximum atomic E-state index is 9.45. The molecule has 0 aliphatic rings. The minimum absolute atomic E-state index is 0.150. The number of aliphatic hydroxyl groups is 1. The Morgan fingerprint density at radius 3 is 2.53 bits per heavy atom. The molecule has 1 aromatic carbocycles. The minimum atomic E-state index is -0.150. The van der Waals surface area contributed by atoms with E-state index in [0.717, 1.165) is 25.9 Å². The van der Waals surface area contributed by atoms with Crippen LogP contribution < -0.4 is 0 Å². The van der Waals surface area contributed by atoms with Gasteiger partial charge < -0.3 is 10.0 Å². The molecule has 0 radical (unpaired) electrons. The molecular formula is C13H21NO. The molecule has 0 fully saturated rings. The zero-order chi connectivity index (χ0) is 11.1. The van der Waals surface area contributed by atoms with Gasteiger partial charge in [0.25, 0.3) is 0 Å². The third-order valence-electron chi connectivity index (χ3n) is 2.61. The Morgan fingerprint density at radius 1 is 1.27 bits per heavy atom. The first-order valence-corrected chi connectivity index (χ1v) is 5.63. The van der Waals surface area contributed by atoms with Crippen LogP contribution in [0, 0.1) is 0 Å². The summed E-state index contributed by atoms with van der Waals surface area (Å²) in [5.41, 5.74) is 1.32. The van der Waals surface area contributed by atoms with E-state index in [0.29, 0.717) is 0 Å². The van der Waals surface area contributed by atoms with Gasteiger partial charge in [-0.2, -0.15) is 0 Å². The summed E-state index contributed by atoms with van der Waals surface area (Å²) in [4.78, 5) is 2.24. The molecule has 15 heavy (non-hydrogen) atoms. The van der Waals surface area contributed by atoms with Gasteiger partial charge in [-0.25, -0.2) is 0 Å². The Bertz CT molecular complexity index is 260. The van der Waals surface area contributed by atoms with Crippen molar-refractivity contribution in [3.63, 3.8) is 0 Å². The number of nitrogens with zero attached hydrogens (tertiary/aromatic N) is 1. The molecule has 0 saturated heterocycles. The Labute approximate surface area is 92.5 Å². The number of hydrogen-bond donors (Lipinski definition) is 1. The van der Waals surface area contributed by atoms with Crippen LogP contribution in [0.3, 0.4) is 0 Å². The smallest absolute Gasteiger partial charge is 0.0549 e. The lowest BCUT2D eigenvalue weighted by atomic mass is 10.2. The van der Waals surface area contributed by atoms with Crippen molar-refractivity contribution >= 4 is 0 Å². The summed E-state index contributed by atoms with van der Waals surface area (Å²) in [6.07, 6.45) is 1.56. The van der Waals surface area contributed by atoms with Crippen molar-refractivity contribution in [2.75, 3.05) is 13.6 Å². The standard InChI is InChI=1S/C13H21NO/c1-3-13(15)9-10-14(2)11-12-7-5-4-6-8-12/h4-8,13,15H,3,9-11H2,1-2H3/t13-/m1/s1. The Morgan fingerprint density at radius 2 is 1.93 bits per heavy atom. The largest absolute Gasteiger partial charge is 0.393 e. The Balaban J connectivity index is 2.27. The molecule has 1 rings (SSSR count). The fourth-order valence-electron chi connectivity index (χ4n) is 1.55. The predicted molar refractivity (Wildman–Crippen MR) is 63.7 cm³/mol. The lowest BCUT2D eigenvalue weighted by Crippen LogP contribution is -2.22. The van der Waals surface area contributed by atoms with Crippen LogP contribution in [0.25, 0.3) is 0 Å². The Kier molecular flexibility index (Phi) is 5.37. The number of hydrogen-bond acceptors (Lipinski definition) is 2. The van der Waals surface area contributed by atoms with Crippen molar-refractivity contribution < 1.29 is 5.11 Å². The Hall–Kier alpha value is -0.860. The van der Waals surface area contributed by atoms with Gasteiger partial charge in [0.15, 0.2) is 0 Å². The van der Waals surface area contributed by atoms with Gasteiger partial charge in [-0.15, -0.1) is 0 Å². The minimum Gasteiger partial charge on any atom is -0.393 e. The van der Waals surface area contributed by atoms with Crippen LogP contribution in [-0.4, -0.2) is 29.7 Å². The van der Waals surface area contributed by atoms with Crippen molar-refractivity contribution in [2.24, 2.45) is 0 Å². The zero-order valence-electron chi connectivity index (χ0n) is 9.69. The molecule has 0 saturated carbocycles. The normalized spacial score (nSPS) is 13.1. The third kappa shape index (κ3) is 4.96. The van der Waals surface area contributed by atoms with Gasteiger partial charge in [0, 0.05) is 13.1 Å². The van der Waals surface area contributed by atoms with Crippen molar-refractivity contribution in [1.82, 2.24) is 4.90 Å². The molecule has 2 nitrogen and oxygen atoms in total. The summed E-state index contributed by atoms with van der Waals surface area (Å²) in [6.45, 7) is 3.92. The van der Waals surface area contributed by atoms with Gasteiger partial charge in [0.1, 0.15) is 0 Å². The molecule has 0 heterocycles. The van der Waals surface area contributed by atoms with E-state index in [2.05, 4.69) is 36.2 Å².